The quantitative estimate of drug-likeness (QED) is 0.673. The van der Waals surface area contributed by atoms with Gasteiger partial charge in [-0.3, -0.25) is 4.40 Å². The molecule has 6 heteroatoms. The Labute approximate surface area is 130 Å². The third-order valence-electron chi connectivity index (χ3n) is 3.03. The van der Waals surface area contributed by atoms with Gasteiger partial charge in [0, 0.05) is 28.5 Å². The molecule has 0 radical (unpaired) electrons. The van der Waals surface area contributed by atoms with Gasteiger partial charge in [0.15, 0.2) is 5.65 Å². The number of rotatable bonds is 4. The van der Waals surface area contributed by atoms with Crippen LogP contribution in [0.25, 0.3) is 5.65 Å². The molecule has 3 nitrogen and oxygen atoms in total. The van der Waals surface area contributed by atoms with E-state index in [1.807, 2.05) is 29.7 Å². The predicted octanol–water partition coefficient (Wildman–Crippen LogP) is 4.28. The number of halogens is 2. The smallest absolute Gasteiger partial charge is 0.160 e. The van der Waals surface area contributed by atoms with E-state index in [9.17, 15) is 8.78 Å². The van der Waals surface area contributed by atoms with Crippen LogP contribution in [0, 0.1) is 11.6 Å². The summed E-state index contributed by atoms with van der Waals surface area (Å²) in [5.74, 6) is -0.375. The zero-order valence-corrected chi connectivity index (χ0v) is 12.7. The van der Waals surface area contributed by atoms with Crippen molar-refractivity contribution < 1.29 is 8.78 Å². The number of benzene rings is 1. The minimum absolute atomic E-state index is 0.371. The van der Waals surface area contributed by atoms with E-state index < -0.39 is 11.6 Å². The molecular formula is C16H13F2N3S. The van der Waals surface area contributed by atoms with Crippen molar-refractivity contribution >= 4 is 17.4 Å². The number of nitrogens with zero attached hydrogens (tertiary/aromatic N) is 3. The molecule has 0 aliphatic heterocycles. The van der Waals surface area contributed by atoms with E-state index >= 15 is 0 Å². The van der Waals surface area contributed by atoms with Gasteiger partial charge < -0.3 is 0 Å². The monoisotopic (exact) mass is 317 g/mol. The maximum Gasteiger partial charge on any atom is 0.160 e. The molecule has 0 aliphatic rings. The third kappa shape index (κ3) is 3.01. The Balaban J connectivity index is 1.95. The van der Waals surface area contributed by atoms with Crippen LogP contribution in [0.1, 0.15) is 12.7 Å². The molecule has 0 amide bonds. The predicted molar refractivity (Wildman–Crippen MR) is 82.0 cm³/mol. The van der Waals surface area contributed by atoms with Crippen LogP contribution in [0.4, 0.5) is 8.78 Å². The summed E-state index contributed by atoms with van der Waals surface area (Å²) >= 11 is 1.23. The minimum Gasteiger partial charge on any atom is -0.285 e. The summed E-state index contributed by atoms with van der Waals surface area (Å²) in [6.45, 7) is 5.80. The molecule has 0 saturated carbocycles. The molecule has 2 heterocycles. The summed E-state index contributed by atoms with van der Waals surface area (Å²) in [5, 5.41) is 8.22. The van der Waals surface area contributed by atoms with Gasteiger partial charge in [-0.25, -0.2) is 8.78 Å². The fraction of sp³-hybridized carbons (Fsp3) is 0.125. The van der Waals surface area contributed by atoms with Gasteiger partial charge in [0.05, 0.1) is 0 Å². The van der Waals surface area contributed by atoms with E-state index in [0.29, 0.717) is 11.3 Å². The molecule has 2 aromatic heterocycles. The number of allylic oxidation sites excluding steroid dienone is 1. The number of hydrogen-bond donors (Lipinski definition) is 0. The highest BCUT2D eigenvalue weighted by atomic mass is 32.2. The standard InChI is InChI=1S/C16H13F2N3S/c1-10(2)7-16-20-19-15-6-4-12(9-21(15)16)22-14-5-3-11(17)8-13(14)18/h3-6,8-9H,1,7H2,2H3. The van der Waals surface area contributed by atoms with E-state index in [1.54, 1.807) is 0 Å². The summed E-state index contributed by atoms with van der Waals surface area (Å²) in [7, 11) is 0. The van der Waals surface area contributed by atoms with E-state index in [0.717, 1.165) is 28.0 Å². The van der Waals surface area contributed by atoms with Crippen molar-refractivity contribution in [3.63, 3.8) is 0 Å². The van der Waals surface area contributed by atoms with Crippen LogP contribution >= 0.6 is 11.8 Å². The normalized spacial score (nSPS) is 11.0. The molecular weight excluding hydrogens is 304 g/mol. The van der Waals surface area contributed by atoms with Crippen LogP contribution in [-0.4, -0.2) is 14.6 Å². The van der Waals surface area contributed by atoms with E-state index in [2.05, 4.69) is 16.8 Å². The topological polar surface area (TPSA) is 30.2 Å². The van der Waals surface area contributed by atoms with Gasteiger partial charge in [-0.05, 0) is 31.2 Å². The van der Waals surface area contributed by atoms with Crippen molar-refractivity contribution in [3.05, 3.63) is 66.1 Å². The van der Waals surface area contributed by atoms with Gasteiger partial charge in [0.1, 0.15) is 17.5 Å². The van der Waals surface area contributed by atoms with Crippen LogP contribution in [0.15, 0.2) is 58.5 Å². The molecule has 0 saturated heterocycles. The van der Waals surface area contributed by atoms with E-state index in [4.69, 9.17) is 0 Å². The first-order valence-electron chi connectivity index (χ1n) is 6.64. The number of hydrogen-bond acceptors (Lipinski definition) is 3. The summed E-state index contributed by atoms with van der Waals surface area (Å²) < 4.78 is 28.5. The first-order valence-corrected chi connectivity index (χ1v) is 7.45. The van der Waals surface area contributed by atoms with Gasteiger partial charge in [-0.1, -0.05) is 23.9 Å². The van der Waals surface area contributed by atoms with Crippen molar-refractivity contribution in [3.8, 4) is 0 Å². The van der Waals surface area contributed by atoms with Gasteiger partial charge in [0.2, 0.25) is 0 Å². The van der Waals surface area contributed by atoms with Crippen LogP contribution in [0.5, 0.6) is 0 Å². The maximum absolute atomic E-state index is 13.7. The average Bonchev–Trinajstić information content (AvgIpc) is 2.84. The number of fused-ring (bicyclic) bond motifs is 1. The lowest BCUT2D eigenvalue weighted by Crippen LogP contribution is -1.95. The Morgan fingerprint density at radius 2 is 2.05 bits per heavy atom. The highest BCUT2D eigenvalue weighted by molar-refractivity contribution is 7.99. The lowest BCUT2D eigenvalue weighted by molar-refractivity contribution is 0.565. The molecule has 3 rings (SSSR count). The van der Waals surface area contributed by atoms with Gasteiger partial charge in [-0.2, -0.15) is 0 Å². The van der Waals surface area contributed by atoms with Crippen LogP contribution in [0.2, 0.25) is 0 Å². The van der Waals surface area contributed by atoms with E-state index in [1.165, 1.54) is 23.9 Å². The summed E-state index contributed by atoms with van der Waals surface area (Å²) in [6.07, 6.45) is 2.47. The Morgan fingerprint density at radius 1 is 1.23 bits per heavy atom. The molecule has 112 valence electrons. The zero-order chi connectivity index (χ0) is 15.7. The molecule has 0 bridgehead atoms. The maximum atomic E-state index is 13.7. The van der Waals surface area contributed by atoms with Gasteiger partial charge in [0.25, 0.3) is 0 Å². The van der Waals surface area contributed by atoms with Crippen LogP contribution < -0.4 is 0 Å². The van der Waals surface area contributed by atoms with Crippen LogP contribution in [0.3, 0.4) is 0 Å². The second-order valence-electron chi connectivity index (χ2n) is 5.02. The van der Waals surface area contributed by atoms with Crippen molar-refractivity contribution in [2.45, 2.75) is 23.1 Å². The Hall–Kier alpha value is -2.21. The first-order chi connectivity index (χ1) is 10.5. The lowest BCUT2D eigenvalue weighted by Gasteiger charge is -2.05. The van der Waals surface area contributed by atoms with Crippen molar-refractivity contribution in [1.82, 2.24) is 14.6 Å². The van der Waals surface area contributed by atoms with Crippen LogP contribution in [-0.2, 0) is 6.42 Å². The fourth-order valence-corrected chi connectivity index (χ4v) is 2.90. The highest BCUT2D eigenvalue weighted by Crippen LogP contribution is 2.30. The molecule has 0 unspecified atom stereocenters. The Morgan fingerprint density at radius 3 is 2.77 bits per heavy atom. The van der Waals surface area contributed by atoms with Crippen molar-refractivity contribution in [2.24, 2.45) is 0 Å². The molecule has 3 aromatic rings. The highest BCUT2D eigenvalue weighted by Gasteiger charge is 2.09. The summed E-state index contributed by atoms with van der Waals surface area (Å²) in [4.78, 5) is 1.19. The van der Waals surface area contributed by atoms with E-state index in [-0.39, 0.29) is 0 Å². The van der Waals surface area contributed by atoms with Crippen molar-refractivity contribution in [2.75, 3.05) is 0 Å². The first kappa shape index (κ1) is 14.7. The molecule has 0 fully saturated rings. The lowest BCUT2D eigenvalue weighted by atomic mass is 10.2. The summed E-state index contributed by atoms with van der Waals surface area (Å²) in [5.41, 5.74) is 1.71. The molecule has 0 N–H and O–H groups in total. The second-order valence-corrected chi connectivity index (χ2v) is 6.14. The Kier molecular flexibility index (Phi) is 3.94. The molecule has 0 spiro atoms. The minimum atomic E-state index is -0.583. The SMILES string of the molecule is C=C(C)Cc1nnc2ccc(Sc3ccc(F)cc3F)cn12. The number of aromatic nitrogens is 3. The largest absolute Gasteiger partial charge is 0.285 e. The third-order valence-corrected chi connectivity index (χ3v) is 4.06. The van der Waals surface area contributed by atoms with Gasteiger partial charge >= 0.3 is 0 Å². The molecule has 0 atom stereocenters. The average molecular weight is 317 g/mol. The second kappa shape index (κ2) is 5.88. The van der Waals surface area contributed by atoms with Crippen molar-refractivity contribution in [1.29, 1.82) is 0 Å². The molecule has 1 aromatic carbocycles. The Bertz CT molecular complexity index is 858. The fourth-order valence-electron chi connectivity index (χ4n) is 2.05. The summed E-state index contributed by atoms with van der Waals surface area (Å²) in [6, 6.07) is 7.21. The van der Waals surface area contributed by atoms with Gasteiger partial charge in [-0.15, -0.1) is 10.2 Å². The molecule has 22 heavy (non-hydrogen) atoms. The number of pyridine rings is 1. The zero-order valence-electron chi connectivity index (χ0n) is 11.9. The molecule has 0 aliphatic carbocycles.